The van der Waals surface area contributed by atoms with Crippen LogP contribution in [0.5, 0.6) is 0 Å². The van der Waals surface area contributed by atoms with Gasteiger partial charge in [0.2, 0.25) is 0 Å². The van der Waals surface area contributed by atoms with Gasteiger partial charge in [-0.1, -0.05) is 0 Å². The van der Waals surface area contributed by atoms with E-state index in [0.717, 1.165) is 0 Å². The molecule has 0 spiro atoms. The van der Waals surface area contributed by atoms with Crippen LogP contribution in [-0.4, -0.2) is 48.9 Å². The highest BCUT2D eigenvalue weighted by atomic mass is 16.2. The lowest BCUT2D eigenvalue weighted by atomic mass is 9.88. The van der Waals surface area contributed by atoms with Crippen LogP contribution in [0.4, 0.5) is 0 Å². The maximum atomic E-state index is 11.4. The molecule has 90 valence electrons. The van der Waals surface area contributed by atoms with Crippen LogP contribution in [0.2, 0.25) is 0 Å². The SMILES string of the molecule is CN1CC(C(=O)N=C=[N-])CC(C(=O)N=C=[N-])C1. The topological polar surface area (TPSA) is 107 Å². The fourth-order valence-corrected chi connectivity index (χ4v) is 1.96. The normalized spacial score (nSPS) is 24.3. The van der Waals surface area contributed by atoms with Crippen LogP contribution in [0, 0.1) is 11.8 Å². The quantitative estimate of drug-likeness (QED) is 0.631. The van der Waals surface area contributed by atoms with Crippen LogP contribution in [-0.2, 0) is 9.59 Å². The summed E-state index contributed by atoms with van der Waals surface area (Å²) in [4.78, 5) is 31.0. The number of hydrogen-bond acceptors (Lipinski definition) is 3. The molecule has 1 aliphatic rings. The van der Waals surface area contributed by atoms with E-state index in [9.17, 15) is 9.59 Å². The summed E-state index contributed by atoms with van der Waals surface area (Å²) in [6.07, 6.45) is 0.290. The molecule has 7 heteroatoms. The molecule has 1 aliphatic heterocycles. The van der Waals surface area contributed by atoms with E-state index in [-0.39, 0.29) is 0 Å². The number of amides is 2. The van der Waals surface area contributed by atoms with E-state index in [4.69, 9.17) is 10.8 Å². The molecule has 17 heavy (non-hydrogen) atoms. The minimum Gasteiger partial charge on any atom is -0.422 e. The maximum Gasteiger partial charge on any atom is 0.157 e. The summed E-state index contributed by atoms with van der Waals surface area (Å²) < 4.78 is 0. The lowest BCUT2D eigenvalue weighted by molar-refractivity contribution is -0.127. The second kappa shape index (κ2) is 5.96. The van der Waals surface area contributed by atoms with Gasteiger partial charge >= 0.3 is 0 Å². The van der Waals surface area contributed by atoms with E-state index < -0.39 is 23.7 Å². The van der Waals surface area contributed by atoms with Crippen molar-refractivity contribution < 1.29 is 9.59 Å². The van der Waals surface area contributed by atoms with Gasteiger partial charge in [-0.25, -0.2) is 0 Å². The van der Waals surface area contributed by atoms with Crippen molar-refractivity contribution in [2.24, 2.45) is 21.8 Å². The van der Waals surface area contributed by atoms with Crippen LogP contribution in [0.25, 0.3) is 10.8 Å². The molecule has 1 saturated heterocycles. The number of aliphatic imine (C=N–C) groups is 2. The Hall–Kier alpha value is -1.94. The van der Waals surface area contributed by atoms with E-state index in [1.807, 2.05) is 0 Å². The lowest BCUT2D eigenvalue weighted by Crippen LogP contribution is -2.43. The van der Waals surface area contributed by atoms with Gasteiger partial charge in [-0.2, -0.15) is 0 Å². The Kier molecular flexibility index (Phi) is 4.60. The Morgan fingerprint density at radius 2 is 1.53 bits per heavy atom. The maximum absolute atomic E-state index is 11.4. The molecular formula is C10H11N5O2-2. The molecule has 1 rings (SSSR count). The molecule has 0 radical (unpaired) electrons. The van der Waals surface area contributed by atoms with Gasteiger partial charge in [0.15, 0.2) is 11.8 Å². The summed E-state index contributed by atoms with van der Waals surface area (Å²) in [7, 11) is 1.76. The smallest absolute Gasteiger partial charge is 0.157 e. The minimum atomic E-state index is -0.520. The molecule has 0 bridgehead atoms. The first kappa shape index (κ1) is 13.1. The third-order valence-electron chi connectivity index (χ3n) is 2.65. The van der Waals surface area contributed by atoms with E-state index in [2.05, 4.69) is 9.98 Å². The van der Waals surface area contributed by atoms with Crippen molar-refractivity contribution >= 4 is 23.8 Å². The Morgan fingerprint density at radius 3 is 1.88 bits per heavy atom. The van der Waals surface area contributed by atoms with E-state index in [1.165, 1.54) is 12.0 Å². The number of carbonyl (C=O) groups excluding carboxylic acids is 2. The van der Waals surface area contributed by atoms with Crippen molar-refractivity contribution in [1.29, 1.82) is 0 Å². The highest BCUT2D eigenvalue weighted by Crippen LogP contribution is 2.23. The number of piperidine rings is 1. The molecule has 0 aromatic heterocycles. The van der Waals surface area contributed by atoms with Gasteiger partial charge in [0.1, 0.15) is 0 Å². The molecule has 0 N–H and O–H groups in total. The van der Waals surface area contributed by atoms with E-state index in [0.29, 0.717) is 19.5 Å². The summed E-state index contributed by atoms with van der Waals surface area (Å²) in [5.74, 6) is -1.99. The monoisotopic (exact) mass is 233 g/mol. The molecule has 7 nitrogen and oxygen atoms in total. The molecule has 0 aromatic carbocycles. The zero-order chi connectivity index (χ0) is 12.8. The number of rotatable bonds is 2. The Morgan fingerprint density at radius 1 is 1.12 bits per heavy atom. The van der Waals surface area contributed by atoms with Crippen LogP contribution < -0.4 is 0 Å². The second-order valence-corrected chi connectivity index (χ2v) is 3.95. The molecule has 1 heterocycles. The van der Waals surface area contributed by atoms with Crippen LogP contribution in [0.15, 0.2) is 9.98 Å². The molecule has 0 aliphatic carbocycles. The zero-order valence-electron chi connectivity index (χ0n) is 9.33. The molecule has 2 atom stereocenters. The zero-order valence-corrected chi connectivity index (χ0v) is 9.33. The summed E-state index contributed by atoms with van der Waals surface area (Å²) >= 11 is 0. The minimum absolute atomic E-state index is 0.290. The van der Waals surface area contributed by atoms with Gasteiger partial charge in [0, 0.05) is 24.9 Å². The number of hydrogen-bond donors (Lipinski definition) is 0. The average molecular weight is 233 g/mol. The average Bonchev–Trinajstić information content (AvgIpc) is 2.29. The second-order valence-electron chi connectivity index (χ2n) is 3.95. The first-order chi connectivity index (χ1) is 8.08. The summed E-state index contributed by atoms with van der Waals surface area (Å²) in [5.41, 5.74) is 0. The first-order valence-corrected chi connectivity index (χ1v) is 5.04. The number of carbonyl (C=O) groups is 2. The van der Waals surface area contributed by atoms with Crippen molar-refractivity contribution in [3.05, 3.63) is 10.8 Å². The molecule has 0 saturated carbocycles. The van der Waals surface area contributed by atoms with Crippen molar-refractivity contribution in [3.63, 3.8) is 0 Å². The Balaban J connectivity index is 2.78. The third kappa shape index (κ3) is 3.53. The lowest BCUT2D eigenvalue weighted by Gasteiger charge is -2.34. The van der Waals surface area contributed by atoms with Crippen LogP contribution >= 0.6 is 0 Å². The fraction of sp³-hybridized carbons (Fsp3) is 0.600. The van der Waals surface area contributed by atoms with Gasteiger partial charge in [-0.05, 0) is 13.5 Å². The van der Waals surface area contributed by atoms with Gasteiger partial charge in [-0.3, -0.25) is 9.59 Å². The number of likely N-dealkylation sites (tertiary alicyclic amines) is 1. The first-order valence-electron chi connectivity index (χ1n) is 5.04. The predicted molar refractivity (Wildman–Crippen MR) is 60.7 cm³/mol. The van der Waals surface area contributed by atoms with Gasteiger partial charge in [0.25, 0.3) is 0 Å². The van der Waals surface area contributed by atoms with E-state index >= 15 is 0 Å². The summed E-state index contributed by atoms with van der Waals surface area (Å²) in [6.45, 7) is 0.917. The molecule has 2 unspecified atom stereocenters. The predicted octanol–water partition coefficient (Wildman–Crippen LogP) is 0.0941. The highest BCUT2D eigenvalue weighted by Gasteiger charge is 2.30. The van der Waals surface area contributed by atoms with E-state index in [1.54, 1.807) is 11.9 Å². The molecule has 1 fully saturated rings. The van der Waals surface area contributed by atoms with Crippen LogP contribution in [0.3, 0.4) is 0 Å². The van der Waals surface area contributed by atoms with Gasteiger partial charge < -0.3 is 25.7 Å². The van der Waals surface area contributed by atoms with Crippen molar-refractivity contribution in [2.45, 2.75) is 6.42 Å². The fourth-order valence-electron chi connectivity index (χ4n) is 1.96. The van der Waals surface area contributed by atoms with Crippen molar-refractivity contribution in [1.82, 2.24) is 4.90 Å². The van der Waals surface area contributed by atoms with Crippen molar-refractivity contribution in [2.75, 3.05) is 20.1 Å². The van der Waals surface area contributed by atoms with Crippen molar-refractivity contribution in [3.8, 4) is 0 Å². The Bertz CT molecular complexity index is 382. The van der Waals surface area contributed by atoms with Gasteiger partial charge in [0.05, 0.1) is 0 Å². The summed E-state index contributed by atoms with van der Waals surface area (Å²) in [6, 6.07) is 2.89. The standard InChI is InChI=1S/C10H11N5O2/c1-15-3-7(9(16)13-5-11)2-8(4-15)10(17)14-6-12/h7-8H,2-4H2,1H3/q-2. The third-order valence-corrected chi connectivity index (χ3v) is 2.65. The highest BCUT2D eigenvalue weighted by molar-refractivity contribution is 5.88. The van der Waals surface area contributed by atoms with Gasteiger partial charge in [-0.15, -0.1) is 12.0 Å². The molecular weight excluding hydrogens is 222 g/mol. The molecule has 2 amide bonds. The Labute approximate surface area is 98.3 Å². The molecule has 0 aromatic rings. The summed E-state index contributed by atoms with van der Waals surface area (Å²) in [5, 5.41) is 16.6. The van der Waals surface area contributed by atoms with Crippen LogP contribution in [0.1, 0.15) is 6.42 Å². The number of nitrogens with zero attached hydrogens (tertiary/aromatic N) is 5. The largest absolute Gasteiger partial charge is 0.422 e.